The van der Waals surface area contributed by atoms with Crippen LogP contribution in [0.4, 0.5) is 0 Å². The number of benzene rings is 1. The Morgan fingerprint density at radius 2 is 2.00 bits per heavy atom. The first-order chi connectivity index (χ1) is 6.92. The van der Waals surface area contributed by atoms with Gasteiger partial charge in [0.05, 0.1) is 4.90 Å². The molecule has 2 N–H and O–H groups in total. The van der Waals surface area contributed by atoms with E-state index in [2.05, 4.69) is 0 Å². The molecule has 0 aliphatic carbocycles. The Balaban J connectivity index is 2.73. The number of sulfone groups is 1. The van der Waals surface area contributed by atoms with Gasteiger partial charge in [0, 0.05) is 11.4 Å². The van der Waals surface area contributed by atoms with Gasteiger partial charge in [0.1, 0.15) is 0 Å². The summed E-state index contributed by atoms with van der Waals surface area (Å²) in [7, 11) is -3.26. The molecule has 1 unspecified atom stereocenters. The van der Waals surface area contributed by atoms with E-state index >= 15 is 0 Å². The second-order valence-electron chi connectivity index (χ2n) is 3.91. The topological polar surface area (TPSA) is 60.2 Å². The van der Waals surface area contributed by atoms with Crippen LogP contribution in [0, 0.1) is 6.92 Å². The SMILES string of the molecule is Cc1ccc2c(c1)S(=O)(=O)C=C2C(C)N. The van der Waals surface area contributed by atoms with Gasteiger partial charge in [-0.15, -0.1) is 0 Å². The molecular weight excluding hydrogens is 210 g/mol. The van der Waals surface area contributed by atoms with Crippen LogP contribution in [-0.4, -0.2) is 14.5 Å². The van der Waals surface area contributed by atoms with E-state index in [1.807, 2.05) is 19.1 Å². The molecular formula is C11H13NO2S. The monoisotopic (exact) mass is 223 g/mol. The van der Waals surface area contributed by atoms with E-state index in [0.717, 1.165) is 11.1 Å². The third kappa shape index (κ3) is 1.60. The summed E-state index contributed by atoms with van der Waals surface area (Å²) in [4.78, 5) is 0.384. The molecule has 80 valence electrons. The zero-order valence-corrected chi connectivity index (χ0v) is 9.51. The Bertz CT molecular complexity index is 542. The lowest BCUT2D eigenvalue weighted by Crippen LogP contribution is -2.15. The van der Waals surface area contributed by atoms with Crippen molar-refractivity contribution >= 4 is 15.4 Å². The third-order valence-electron chi connectivity index (χ3n) is 2.53. The Labute approximate surface area is 89.5 Å². The summed E-state index contributed by atoms with van der Waals surface area (Å²) in [5, 5.41) is 1.28. The van der Waals surface area contributed by atoms with E-state index < -0.39 is 9.84 Å². The molecule has 0 fully saturated rings. The lowest BCUT2D eigenvalue weighted by Gasteiger charge is -2.07. The largest absolute Gasteiger partial charge is 0.324 e. The minimum Gasteiger partial charge on any atom is -0.324 e. The van der Waals surface area contributed by atoms with Crippen LogP contribution in [0.5, 0.6) is 0 Å². The van der Waals surface area contributed by atoms with E-state index in [0.29, 0.717) is 10.5 Å². The van der Waals surface area contributed by atoms with Gasteiger partial charge in [0.15, 0.2) is 0 Å². The zero-order chi connectivity index (χ0) is 11.2. The van der Waals surface area contributed by atoms with Crippen molar-refractivity contribution in [2.24, 2.45) is 5.73 Å². The van der Waals surface area contributed by atoms with Gasteiger partial charge < -0.3 is 5.73 Å². The number of hydrogen-bond donors (Lipinski definition) is 1. The normalized spacial score (nSPS) is 19.5. The van der Waals surface area contributed by atoms with Crippen LogP contribution >= 0.6 is 0 Å². The maximum Gasteiger partial charge on any atom is 0.200 e. The molecule has 4 heteroatoms. The predicted molar refractivity (Wildman–Crippen MR) is 60.0 cm³/mol. The Morgan fingerprint density at radius 1 is 1.33 bits per heavy atom. The molecule has 0 radical (unpaired) electrons. The van der Waals surface area contributed by atoms with E-state index in [-0.39, 0.29) is 6.04 Å². The Hall–Kier alpha value is -1.13. The molecule has 0 amide bonds. The van der Waals surface area contributed by atoms with Crippen molar-refractivity contribution in [3.8, 4) is 0 Å². The molecule has 3 nitrogen and oxygen atoms in total. The van der Waals surface area contributed by atoms with Gasteiger partial charge in [-0.05, 0) is 36.6 Å². The smallest absolute Gasteiger partial charge is 0.200 e. The lowest BCUT2D eigenvalue weighted by atomic mass is 10.0. The van der Waals surface area contributed by atoms with E-state index in [1.54, 1.807) is 13.0 Å². The number of nitrogens with two attached hydrogens (primary N) is 1. The van der Waals surface area contributed by atoms with E-state index in [4.69, 9.17) is 5.73 Å². The highest BCUT2D eigenvalue weighted by molar-refractivity contribution is 7.95. The fourth-order valence-corrected chi connectivity index (χ4v) is 3.40. The zero-order valence-electron chi connectivity index (χ0n) is 8.69. The first kappa shape index (κ1) is 10.4. The summed E-state index contributed by atoms with van der Waals surface area (Å²) >= 11 is 0. The number of fused-ring (bicyclic) bond motifs is 1. The van der Waals surface area contributed by atoms with Gasteiger partial charge in [-0.25, -0.2) is 8.42 Å². The van der Waals surface area contributed by atoms with Crippen molar-refractivity contribution in [3.05, 3.63) is 34.7 Å². The van der Waals surface area contributed by atoms with Crippen LogP contribution in [0.15, 0.2) is 28.5 Å². The van der Waals surface area contributed by atoms with Crippen molar-refractivity contribution in [1.29, 1.82) is 0 Å². The Kier molecular flexibility index (Phi) is 2.20. The second-order valence-corrected chi connectivity index (χ2v) is 5.67. The van der Waals surface area contributed by atoms with Crippen LogP contribution in [0.3, 0.4) is 0 Å². The average Bonchev–Trinajstić information content (AvgIpc) is 2.39. The summed E-state index contributed by atoms with van der Waals surface area (Å²) in [5.74, 6) is 0. The average molecular weight is 223 g/mol. The summed E-state index contributed by atoms with van der Waals surface area (Å²) in [6, 6.07) is 5.15. The number of rotatable bonds is 1. The molecule has 0 saturated carbocycles. The summed E-state index contributed by atoms with van der Waals surface area (Å²) < 4.78 is 23.6. The summed E-state index contributed by atoms with van der Waals surface area (Å²) in [6.07, 6.45) is 0. The minimum atomic E-state index is -3.26. The molecule has 0 bridgehead atoms. The van der Waals surface area contributed by atoms with Gasteiger partial charge >= 0.3 is 0 Å². The number of hydrogen-bond acceptors (Lipinski definition) is 3. The molecule has 15 heavy (non-hydrogen) atoms. The molecule has 1 aliphatic rings. The first-order valence-corrected chi connectivity index (χ1v) is 6.30. The van der Waals surface area contributed by atoms with Gasteiger partial charge in [-0.3, -0.25) is 0 Å². The van der Waals surface area contributed by atoms with E-state index in [1.165, 1.54) is 5.41 Å². The van der Waals surface area contributed by atoms with Crippen molar-refractivity contribution in [2.45, 2.75) is 24.8 Å². The van der Waals surface area contributed by atoms with Gasteiger partial charge in [-0.2, -0.15) is 0 Å². The standard InChI is InChI=1S/C11H13NO2S/c1-7-3-4-9-10(8(2)12)6-15(13,14)11(9)5-7/h3-6,8H,12H2,1-2H3. The van der Waals surface area contributed by atoms with Gasteiger partial charge in [-0.1, -0.05) is 12.1 Å². The number of aryl methyl sites for hydroxylation is 1. The maximum atomic E-state index is 11.8. The summed E-state index contributed by atoms with van der Waals surface area (Å²) in [5.41, 5.74) is 8.13. The molecule has 0 saturated heterocycles. The van der Waals surface area contributed by atoms with Crippen LogP contribution in [-0.2, 0) is 9.84 Å². The minimum absolute atomic E-state index is 0.260. The summed E-state index contributed by atoms with van der Waals surface area (Å²) in [6.45, 7) is 3.66. The van der Waals surface area contributed by atoms with Gasteiger partial charge in [0.25, 0.3) is 0 Å². The van der Waals surface area contributed by atoms with Crippen LogP contribution in [0.2, 0.25) is 0 Å². The van der Waals surface area contributed by atoms with Crippen molar-refractivity contribution in [1.82, 2.24) is 0 Å². The highest BCUT2D eigenvalue weighted by atomic mass is 32.2. The second kappa shape index (κ2) is 3.18. The van der Waals surface area contributed by atoms with Crippen LogP contribution in [0.1, 0.15) is 18.1 Å². The van der Waals surface area contributed by atoms with Crippen molar-refractivity contribution in [3.63, 3.8) is 0 Å². The third-order valence-corrected chi connectivity index (χ3v) is 4.04. The van der Waals surface area contributed by atoms with Crippen LogP contribution < -0.4 is 5.73 Å². The van der Waals surface area contributed by atoms with Gasteiger partial charge in [0.2, 0.25) is 9.84 Å². The van der Waals surface area contributed by atoms with Crippen molar-refractivity contribution in [2.75, 3.05) is 0 Å². The molecule has 1 aromatic carbocycles. The highest BCUT2D eigenvalue weighted by Crippen LogP contribution is 2.35. The van der Waals surface area contributed by atoms with E-state index in [9.17, 15) is 8.42 Å². The fourth-order valence-electron chi connectivity index (χ4n) is 1.75. The Morgan fingerprint density at radius 3 is 2.60 bits per heavy atom. The maximum absolute atomic E-state index is 11.8. The quantitative estimate of drug-likeness (QED) is 0.784. The highest BCUT2D eigenvalue weighted by Gasteiger charge is 2.28. The molecule has 0 spiro atoms. The molecule has 1 heterocycles. The fraction of sp³-hybridized carbons (Fsp3) is 0.273. The predicted octanol–water partition coefficient (Wildman–Crippen LogP) is 1.47. The first-order valence-electron chi connectivity index (χ1n) is 4.75. The van der Waals surface area contributed by atoms with Crippen molar-refractivity contribution < 1.29 is 8.42 Å². The molecule has 0 aromatic heterocycles. The molecule has 2 rings (SSSR count). The molecule has 1 aliphatic heterocycles. The molecule has 1 atom stereocenters. The molecule has 1 aromatic rings. The lowest BCUT2D eigenvalue weighted by molar-refractivity contribution is 0.605. The van der Waals surface area contributed by atoms with Crippen LogP contribution in [0.25, 0.3) is 5.57 Å².